The lowest BCUT2D eigenvalue weighted by atomic mass is 9.82. The zero-order chi connectivity index (χ0) is 50.7. The molecule has 9 aromatic carbocycles. The Kier molecular flexibility index (Phi) is 10.8. The zero-order valence-corrected chi connectivity index (χ0v) is 42.1. The van der Waals surface area contributed by atoms with Gasteiger partial charge in [-0.05, 0) is 133 Å². The number of furan rings is 1. The molecule has 0 unspecified atom stereocenters. The standard InChI is InChI=1S/C72H49N3O/c1-72(2)65-26-14-12-24-61(65)62-33-28-47(41-66(62)72)68-36-31-50(44-74-68)56-19-7-10-22-59(56)53-38-52(58-21-9-6-18-55(58)49-30-35-67(73-43-49)46-16-4-3-5-17-46)39-54(40-53)60-23-11-8-20-57(60)51-32-37-69(75-45-51)48-29-34-64-63-25-13-15-27-70(63)76-71(64)42-48/h3-45H,1-2H3. The first-order valence-electron chi connectivity index (χ1n) is 26.0. The number of hydrogen-bond donors (Lipinski definition) is 0. The Morgan fingerprint density at radius 2 is 0.658 bits per heavy atom. The van der Waals surface area contributed by atoms with E-state index in [-0.39, 0.29) is 5.41 Å². The molecule has 0 spiro atoms. The molecule has 0 amide bonds. The molecule has 0 bridgehead atoms. The highest BCUT2D eigenvalue weighted by molar-refractivity contribution is 6.06. The van der Waals surface area contributed by atoms with E-state index in [1.54, 1.807) is 0 Å². The molecule has 4 heterocycles. The molecule has 1 aliphatic rings. The number of fused-ring (bicyclic) bond motifs is 6. The van der Waals surface area contributed by atoms with Crippen molar-refractivity contribution in [2.75, 3.05) is 0 Å². The van der Waals surface area contributed by atoms with Gasteiger partial charge in [-0.3, -0.25) is 15.0 Å². The minimum Gasteiger partial charge on any atom is -0.456 e. The van der Waals surface area contributed by atoms with Crippen molar-refractivity contribution in [1.29, 1.82) is 0 Å². The monoisotopic (exact) mass is 971 g/mol. The summed E-state index contributed by atoms with van der Waals surface area (Å²) < 4.78 is 6.26. The summed E-state index contributed by atoms with van der Waals surface area (Å²) in [5.74, 6) is 0. The van der Waals surface area contributed by atoms with Crippen molar-refractivity contribution in [2.24, 2.45) is 0 Å². The third-order valence-electron chi connectivity index (χ3n) is 15.5. The van der Waals surface area contributed by atoms with E-state index in [0.717, 1.165) is 122 Å². The summed E-state index contributed by atoms with van der Waals surface area (Å²) in [4.78, 5) is 15.2. The molecule has 0 aliphatic heterocycles. The molecule has 0 saturated heterocycles. The van der Waals surface area contributed by atoms with Gasteiger partial charge in [0, 0.05) is 68.2 Å². The van der Waals surface area contributed by atoms with Gasteiger partial charge >= 0.3 is 0 Å². The van der Waals surface area contributed by atoms with Crippen LogP contribution in [0.2, 0.25) is 0 Å². The van der Waals surface area contributed by atoms with E-state index in [0.29, 0.717) is 0 Å². The molecule has 13 aromatic rings. The fourth-order valence-corrected chi connectivity index (χ4v) is 11.6. The van der Waals surface area contributed by atoms with Crippen LogP contribution in [0.25, 0.3) is 134 Å². The molecule has 4 heteroatoms. The van der Waals surface area contributed by atoms with Gasteiger partial charge in [-0.2, -0.15) is 0 Å². The van der Waals surface area contributed by atoms with Crippen molar-refractivity contribution in [3.63, 3.8) is 0 Å². The van der Waals surface area contributed by atoms with E-state index in [9.17, 15) is 0 Å². The van der Waals surface area contributed by atoms with E-state index in [2.05, 4.69) is 238 Å². The molecule has 0 fully saturated rings. The Labute approximate surface area is 442 Å². The SMILES string of the molecule is CC1(C)c2ccccc2-c2ccc(-c3ccc(-c4ccccc4-c4cc(-c5ccccc5-c5ccc(-c6ccccc6)nc5)cc(-c5ccccc5-c5ccc(-c6ccc7c(c6)oc6ccccc67)nc5)c4)cn3)cc21. The fraction of sp³-hybridized carbons (Fsp3) is 0.0417. The molecule has 4 aromatic heterocycles. The summed E-state index contributed by atoms with van der Waals surface area (Å²) in [5.41, 5.74) is 26.1. The van der Waals surface area contributed by atoms with Crippen LogP contribution in [0.4, 0.5) is 0 Å². The van der Waals surface area contributed by atoms with Crippen LogP contribution in [0.5, 0.6) is 0 Å². The van der Waals surface area contributed by atoms with E-state index in [1.165, 1.54) is 22.3 Å². The van der Waals surface area contributed by atoms with Crippen molar-refractivity contribution >= 4 is 21.9 Å². The Morgan fingerprint density at radius 3 is 1.18 bits per heavy atom. The molecule has 0 radical (unpaired) electrons. The first-order chi connectivity index (χ1) is 37.4. The molecule has 358 valence electrons. The summed E-state index contributed by atoms with van der Waals surface area (Å²) in [6.07, 6.45) is 6.03. The first-order valence-corrected chi connectivity index (χ1v) is 26.0. The van der Waals surface area contributed by atoms with E-state index < -0.39 is 0 Å². The van der Waals surface area contributed by atoms with Gasteiger partial charge in [0.1, 0.15) is 11.2 Å². The van der Waals surface area contributed by atoms with Crippen LogP contribution < -0.4 is 0 Å². The van der Waals surface area contributed by atoms with Gasteiger partial charge in [-0.15, -0.1) is 0 Å². The summed E-state index contributed by atoms with van der Waals surface area (Å²) in [6, 6.07) is 86.6. The lowest BCUT2D eigenvalue weighted by Crippen LogP contribution is -2.14. The van der Waals surface area contributed by atoms with Gasteiger partial charge in [-0.25, -0.2) is 0 Å². The van der Waals surface area contributed by atoms with Crippen molar-refractivity contribution in [1.82, 2.24) is 15.0 Å². The molecular formula is C72H49N3O. The van der Waals surface area contributed by atoms with Gasteiger partial charge < -0.3 is 4.42 Å². The summed E-state index contributed by atoms with van der Waals surface area (Å²) in [7, 11) is 0. The number of hydrogen-bond acceptors (Lipinski definition) is 4. The molecule has 14 rings (SSSR count). The average molecular weight is 972 g/mol. The van der Waals surface area contributed by atoms with E-state index in [4.69, 9.17) is 19.4 Å². The van der Waals surface area contributed by atoms with Gasteiger partial charge in [-0.1, -0.05) is 196 Å². The average Bonchev–Trinajstić information content (AvgIpc) is 4.05. The van der Waals surface area contributed by atoms with Crippen LogP contribution in [0.1, 0.15) is 25.0 Å². The second kappa shape index (κ2) is 18.3. The highest BCUT2D eigenvalue weighted by Crippen LogP contribution is 2.50. The number of nitrogens with zero attached hydrogens (tertiary/aromatic N) is 3. The number of pyridine rings is 3. The van der Waals surface area contributed by atoms with Gasteiger partial charge in [0.2, 0.25) is 0 Å². The molecule has 0 N–H and O–H groups in total. The van der Waals surface area contributed by atoms with Crippen molar-refractivity contribution in [3.8, 4) is 112 Å². The van der Waals surface area contributed by atoms with Crippen LogP contribution in [-0.2, 0) is 5.41 Å². The third kappa shape index (κ3) is 7.82. The lowest BCUT2D eigenvalue weighted by Gasteiger charge is -2.21. The van der Waals surface area contributed by atoms with Crippen LogP contribution in [-0.4, -0.2) is 15.0 Å². The summed E-state index contributed by atoms with van der Waals surface area (Å²) in [5, 5.41) is 2.22. The minimum atomic E-state index is -0.0894. The number of para-hydroxylation sites is 1. The van der Waals surface area contributed by atoms with E-state index in [1.807, 2.05) is 36.8 Å². The highest BCUT2D eigenvalue weighted by Gasteiger charge is 2.35. The molecule has 76 heavy (non-hydrogen) atoms. The molecule has 0 atom stereocenters. The number of aromatic nitrogens is 3. The predicted molar refractivity (Wildman–Crippen MR) is 314 cm³/mol. The van der Waals surface area contributed by atoms with Crippen molar-refractivity contribution < 1.29 is 4.42 Å². The smallest absolute Gasteiger partial charge is 0.136 e. The third-order valence-corrected chi connectivity index (χ3v) is 15.5. The minimum absolute atomic E-state index is 0.0894. The van der Waals surface area contributed by atoms with Gasteiger partial charge in [0.25, 0.3) is 0 Å². The van der Waals surface area contributed by atoms with Gasteiger partial charge in [0.15, 0.2) is 0 Å². The second-order valence-electron chi connectivity index (χ2n) is 20.3. The number of benzene rings is 9. The molecule has 1 aliphatic carbocycles. The second-order valence-corrected chi connectivity index (χ2v) is 20.3. The fourth-order valence-electron chi connectivity index (χ4n) is 11.6. The highest BCUT2D eigenvalue weighted by atomic mass is 16.3. The Morgan fingerprint density at radius 1 is 0.263 bits per heavy atom. The predicted octanol–water partition coefficient (Wildman–Crippen LogP) is 19.1. The molecular weight excluding hydrogens is 923 g/mol. The Bertz CT molecular complexity index is 4340. The van der Waals surface area contributed by atoms with Crippen LogP contribution in [0.3, 0.4) is 0 Å². The number of rotatable bonds is 9. The summed E-state index contributed by atoms with van der Waals surface area (Å²) >= 11 is 0. The maximum atomic E-state index is 6.26. The normalized spacial score (nSPS) is 12.4. The maximum absolute atomic E-state index is 6.26. The summed E-state index contributed by atoms with van der Waals surface area (Å²) in [6.45, 7) is 4.65. The first kappa shape index (κ1) is 44.9. The van der Waals surface area contributed by atoms with E-state index >= 15 is 0 Å². The maximum Gasteiger partial charge on any atom is 0.136 e. The van der Waals surface area contributed by atoms with Crippen molar-refractivity contribution in [3.05, 3.63) is 272 Å². The Hall–Kier alpha value is -9.77. The molecule has 4 nitrogen and oxygen atoms in total. The topological polar surface area (TPSA) is 51.8 Å². The largest absolute Gasteiger partial charge is 0.456 e. The van der Waals surface area contributed by atoms with Gasteiger partial charge in [0.05, 0.1) is 17.1 Å². The quantitative estimate of drug-likeness (QED) is 0.145. The zero-order valence-electron chi connectivity index (χ0n) is 42.1. The van der Waals surface area contributed by atoms with Crippen molar-refractivity contribution in [2.45, 2.75) is 19.3 Å². The van der Waals surface area contributed by atoms with Crippen LogP contribution >= 0.6 is 0 Å². The van der Waals surface area contributed by atoms with Crippen LogP contribution in [0, 0.1) is 0 Å². The van der Waals surface area contributed by atoms with Crippen LogP contribution in [0.15, 0.2) is 266 Å². The molecule has 0 saturated carbocycles. The lowest BCUT2D eigenvalue weighted by molar-refractivity contribution is 0.660. The Balaban J connectivity index is 0.865.